The highest BCUT2D eigenvalue weighted by Crippen LogP contribution is 2.14. The van der Waals surface area contributed by atoms with E-state index in [2.05, 4.69) is 43.3 Å². The van der Waals surface area contributed by atoms with Gasteiger partial charge < -0.3 is 10.6 Å². The Labute approximate surface area is 92.3 Å². The van der Waals surface area contributed by atoms with Gasteiger partial charge in [-0.2, -0.15) is 0 Å². The lowest BCUT2D eigenvalue weighted by Crippen LogP contribution is -2.23. The van der Waals surface area contributed by atoms with Gasteiger partial charge in [-0.05, 0) is 19.9 Å². The van der Waals surface area contributed by atoms with Crippen LogP contribution in [0.2, 0.25) is 0 Å². The van der Waals surface area contributed by atoms with Crippen LogP contribution in [-0.2, 0) is 6.54 Å². The molecule has 3 nitrogen and oxygen atoms in total. The third-order valence-electron chi connectivity index (χ3n) is 2.05. The summed E-state index contributed by atoms with van der Waals surface area (Å²) >= 11 is 0. The molecular formula is C12H21N3. The first-order valence-electron chi connectivity index (χ1n) is 5.52. The first-order valence-corrected chi connectivity index (χ1v) is 5.52. The molecule has 3 heteroatoms. The maximum Gasteiger partial charge on any atom is 0.0418 e. The molecule has 0 aliphatic heterocycles. The fourth-order valence-corrected chi connectivity index (χ4v) is 1.33. The fraction of sp³-hybridized carbons (Fsp3) is 0.583. The monoisotopic (exact) mass is 207 g/mol. The molecule has 1 aromatic rings. The largest absolute Gasteiger partial charge is 0.383 e. The van der Waals surface area contributed by atoms with Gasteiger partial charge in [0.05, 0.1) is 0 Å². The van der Waals surface area contributed by atoms with Crippen molar-refractivity contribution in [2.24, 2.45) is 0 Å². The van der Waals surface area contributed by atoms with Gasteiger partial charge in [0.1, 0.15) is 0 Å². The SMILES string of the molecule is CC(C)NCc1cnccc1NC(C)C. The first kappa shape index (κ1) is 12.0. The average Bonchev–Trinajstić information content (AvgIpc) is 2.15. The van der Waals surface area contributed by atoms with Gasteiger partial charge in [0, 0.05) is 42.3 Å². The van der Waals surface area contributed by atoms with Gasteiger partial charge in [-0.15, -0.1) is 0 Å². The van der Waals surface area contributed by atoms with Crippen molar-refractivity contribution in [3.8, 4) is 0 Å². The van der Waals surface area contributed by atoms with Crippen molar-refractivity contribution in [2.45, 2.75) is 46.3 Å². The summed E-state index contributed by atoms with van der Waals surface area (Å²) in [5.74, 6) is 0. The number of nitrogens with zero attached hydrogens (tertiary/aromatic N) is 1. The summed E-state index contributed by atoms with van der Waals surface area (Å²) in [6.45, 7) is 9.43. The Morgan fingerprint density at radius 3 is 2.53 bits per heavy atom. The zero-order valence-electron chi connectivity index (χ0n) is 10.0. The van der Waals surface area contributed by atoms with Gasteiger partial charge in [-0.25, -0.2) is 0 Å². The van der Waals surface area contributed by atoms with Gasteiger partial charge in [-0.1, -0.05) is 13.8 Å². The normalized spacial score (nSPS) is 11.1. The standard InChI is InChI=1S/C12H21N3/c1-9(2)14-8-11-7-13-6-5-12(11)15-10(3)4/h5-7,9-10,14H,8H2,1-4H3,(H,13,15). The summed E-state index contributed by atoms with van der Waals surface area (Å²) in [4.78, 5) is 4.15. The highest BCUT2D eigenvalue weighted by molar-refractivity contribution is 5.49. The number of hydrogen-bond donors (Lipinski definition) is 2. The van der Waals surface area contributed by atoms with Crippen LogP contribution in [-0.4, -0.2) is 17.1 Å². The zero-order chi connectivity index (χ0) is 11.3. The van der Waals surface area contributed by atoms with Crippen molar-refractivity contribution < 1.29 is 0 Å². The highest BCUT2D eigenvalue weighted by Gasteiger charge is 2.03. The molecule has 1 aromatic heterocycles. The molecule has 0 unspecified atom stereocenters. The Balaban J connectivity index is 2.68. The molecule has 84 valence electrons. The van der Waals surface area contributed by atoms with Gasteiger partial charge in [0.15, 0.2) is 0 Å². The molecule has 0 radical (unpaired) electrons. The van der Waals surface area contributed by atoms with Gasteiger partial charge >= 0.3 is 0 Å². The predicted octanol–water partition coefficient (Wildman–Crippen LogP) is 2.40. The smallest absolute Gasteiger partial charge is 0.0418 e. The Morgan fingerprint density at radius 1 is 1.20 bits per heavy atom. The maximum absolute atomic E-state index is 4.15. The van der Waals surface area contributed by atoms with Crippen LogP contribution in [0.25, 0.3) is 0 Å². The number of rotatable bonds is 5. The van der Waals surface area contributed by atoms with Crippen molar-refractivity contribution in [2.75, 3.05) is 5.32 Å². The quantitative estimate of drug-likeness (QED) is 0.778. The van der Waals surface area contributed by atoms with E-state index in [1.54, 1.807) is 0 Å². The molecule has 1 rings (SSSR count). The lowest BCUT2D eigenvalue weighted by atomic mass is 10.2. The number of pyridine rings is 1. The van der Waals surface area contributed by atoms with Crippen LogP contribution in [0, 0.1) is 0 Å². The fourth-order valence-electron chi connectivity index (χ4n) is 1.33. The summed E-state index contributed by atoms with van der Waals surface area (Å²) in [6, 6.07) is 2.97. The molecule has 0 aromatic carbocycles. The summed E-state index contributed by atoms with van der Waals surface area (Å²) in [6.07, 6.45) is 3.74. The molecule has 15 heavy (non-hydrogen) atoms. The maximum atomic E-state index is 4.15. The van der Waals surface area contributed by atoms with Gasteiger partial charge in [-0.3, -0.25) is 4.98 Å². The third-order valence-corrected chi connectivity index (χ3v) is 2.05. The molecule has 0 bridgehead atoms. The van der Waals surface area contributed by atoms with Crippen LogP contribution in [0.4, 0.5) is 5.69 Å². The van der Waals surface area contributed by atoms with E-state index in [0.717, 1.165) is 6.54 Å². The van der Waals surface area contributed by atoms with Crippen LogP contribution in [0.5, 0.6) is 0 Å². The zero-order valence-corrected chi connectivity index (χ0v) is 10.0. The number of nitrogens with one attached hydrogen (secondary N) is 2. The Kier molecular flexibility index (Phi) is 4.56. The van der Waals surface area contributed by atoms with E-state index in [0.29, 0.717) is 12.1 Å². The predicted molar refractivity (Wildman–Crippen MR) is 65.0 cm³/mol. The molecule has 1 heterocycles. The molecule has 0 aliphatic carbocycles. The van der Waals surface area contributed by atoms with Crippen molar-refractivity contribution in [3.63, 3.8) is 0 Å². The molecule has 0 aliphatic rings. The lowest BCUT2D eigenvalue weighted by Gasteiger charge is -2.15. The Morgan fingerprint density at radius 2 is 1.93 bits per heavy atom. The summed E-state index contributed by atoms with van der Waals surface area (Å²) in [5.41, 5.74) is 2.40. The Bertz CT molecular complexity index is 295. The topological polar surface area (TPSA) is 37.0 Å². The van der Waals surface area contributed by atoms with Crippen LogP contribution in [0.15, 0.2) is 18.5 Å². The molecule has 0 amide bonds. The molecular weight excluding hydrogens is 186 g/mol. The molecule has 0 saturated carbocycles. The van der Waals surface area contributed by atoms with Gasteiger partial charge in [0.25, 0.3) is 0 Å². The van der Waals surface area contributed by atoms with E-state index >= 15 is 0 Å². The van der Waals surface area contributed by atoms with E-state index in [9.17, 15) is 0 Å². The minimum absolute atomic E-state index is 0.449. The van der Waals surface area contributed by atoms with E-state index in [1.165, 1.54) is 11.3 Å². The second-order valence-electron chi connectivity index (χ2n) is 4.37. The van der Waals surface area contributed by atoms with Gasteiger partial charge in [0.2, 0.25) is 0 Å². The van der Waals surface area contributed by atoms with Crippen LogP contribution in [0.1, 0.15) is 33.3 Å². The van der Waals surface area contributed by atoms with Crippen molar-refractivity contribution >= 4 is 5.69 Å². The number of aromatic nitrogens is 1. The minimum Gasteiger partial charge on any atom is -0.383 e. The minimum atomic E-state index is 0.449. The summed E-state index contributed by atoms with van der Waals surface area (Å²) in [5, 5.41) is 6.81. The molecule has 0 fully saturated rings. The average molecular weight is 207 g/mol. The first-order chi connectivity index (χ1) is 7.09. The summed E-state index contributed by atoms with van der Waals surface area (Å²) in [7, 11) is 0. The van der Waals surface area contributed by atoms with Crippen LogP contribution >= 0.6 is 0 Å². The van der Waals surface area contributed by atoms with Crippen molar-refractivity contribution in [1.29, 1.82) is 0 Å². The molecule has 2 N–H and O–H groups in total. The van der Waals surface area contributed by atoms with E-state index in [4.69, 9.17) is 0 Å². The number of hydrogen-bond acceptors (Lipinski definition) is 3. The second kappa shape index (κ2) is 5.71. The molecule has 0 spiro atoms. The molecule has 0 atom stereocenters. The van der Waals surface area contributed by atoms with Crippen molar-refractivity contribution in [1.82, 2.24) is 10.3 Å². The van der Waals surface area contributed by atoms with E-state index < -0.39 is 0 Å². The van der Waals surface area contributed by atoms with Crippen LogP contribution < -0.4 is 10.6 Å². The van der Waals surface area contributed by atoms with E-state index in [1.807, 2.05) is 18.5 Å². The highest BCUT2D eigenvalue weighted by atomic mass is 14.9. The Hall–Kier alpha value is -1.09. The second-order valence-corrected chi connectivity index (χ2v) is 4.37. The van der Waals surface area contributed by atoms with Crippen molar-refractivity contribution in [3.05, 3.63) is 24.0 Å². The summed E-state index contributed by atoms with van der Waals surface area (Å²) < 4.78 is 0. The van der Waals surface area contributed by atoms with Crippen LogP contribution in [0.3, 0.4) is 0 Å². The van der Waals surface area contributed by atoms with E-state index in [-0.39, 0.29) is 0 Å². The number of anilines is 1. The third kappa shape index (κ3) is 4.30. The molecule has 0 saturated heterocycles. The lowest BCUT2D eigenvalue weighted by molar-refractivity contribution is 0.588.